The SMILES string of the molecule is CC(=O)OCC12CCCCC1=CC(O)CC2. The number of aliphatic hydroxyl groups excluding tert-OH is 1. The Bertz CT molecular complexity index is 308. The molecule has 1 N–H and O–H groups in total. The minimum atomic E-state index is -0.293. The second-order valence-corrected chi connectivity index (χ2v) is 5.07. The molecule has 0 saturated heterocycles. The Kier molecular flexibility index (Phi) is 3.33. The van der Waals surface area contributed by atoms with Gasteiger partial charge in [-0.05, 0) is 32.1 Å². The van der Waals surface area contributed by atoms with Crippen LogP contribution in [0.4, 0.5) is 0 Å². The number of carbonyl (C=O) groups excluding carboxylic acids is 1. The van der Waals surface area contributed by atoms with Crippen molar-refractivity contribution in [3.63, 3.8) is 0 Å². The van der Waals surface area contributed by atoms with Crippen molar-refractivity contribution in [1.82, 2.24) is 0 Å². The van der Waals surface area contributed by atoms with E-state index in [4.69, 9.17) is 4.74 Å². The molecule has 2 unspecified atom stereocenters. The van der Waals surface area contributed by atoms with Crippen molar-refractivity contribution < 1.29 is 14.6 Å². The maximum atomic E-state index is 10.9. The van der Waals surface area contributed by atoms with Crippen molar-refractivity contribution in [3.8, 4) is 0 Å². The van der Waals surface area contributed by atoms with Crippen LogP contribution in [-0.2, 0) is 9.53 Å². The standard InChI is InChI=1S/C13H20O3/c1-10(14)16-9-13-6-3-2-4-11(13)8-12(15)5-7-13/h8,12,15H,2-7,9H2,1H3. The summed E-state index contributed by atoms with van der Waals surface area (Å²) in [6.45, 7) is 1.96. The summed E-state index contributed by atoms with van der Waals surface area (Å²) in [7, 11) is 0. The van der Waals surface area contributed by atoms with Crippen LogP contribution in [0.2, 0.25) is 0 Å². The van der Waals surface area contributed by atoms with Crippen LogP contribution in [0.5, 0.6) is 0 Å². The van der Waals surface area contributed by atoms with Gasteiger partial charge < -0.3 is 9.84 Å². The molecular weight excluding hydrogens is 204 g/mol. The number of esters is 1. The quantitative estimate of drug-likeness (QED) is 0.577. The van der Waals surface area contributed by atoms with Crippen molar-refractivity contribution in [2.24, 2.45) is 5.41 Å². The minimum Gasteiger partial charge on any atom is -0.465 e. The van der Waals surface area contributed by atoms with Gasteiger partial charge in [-0.25, -0.2) is 0 Å². The number of carbonyl (C=O) groups is 1. The fourth-order valence-electron chi connectivity index (χ4n) is 2.97. The van der Waals surface area contributed by atoms with Crippen LogP contribution in [0.25, 0.3) is 0 Å². The molecule has 2 rings (SSSR count). The summed E-state index contributed by atoms with van der Waals surface area (Å²) in [6.07, 6.45) is 8.00. The molecule has 16 heavy (non-hydrogen) atoms. The highest BCUT2D eigenvalue weighted by atomic mass is 16.5. The smallest absolute Gasteiger partial charge is 0.302 e. The summed E-state index contributed by atoms with van der Waals surface area (Å²) in [5, 5.41) is 9.66. The fraction of sp³-hybridized carbons (Fsp3) is 0.769. The average Bonchev–Trinajstić information content (AvgIpc) is 2.27. The highest BCUT2D eigenvalue weighted by molar-refractivity contribution is 5.66. The Hall–Kier alpha value is -0.830. The Labute approximate surface area is 96.5 Å². The lowest BCUT2D eigenvalue weighted by molar-refractivity contribution is -0.144. The van der Waals surface area contributed by atoms with E-state index in [1.54, 1.807) is 0 Å². The van der Waals surface area contributed by atoms with Crippen LogP contribution >= 0.6 is 0 Å². The van der Waals surface area contributed by atoms with E-state index in [1.807, 2.05) is 6.08 Å². The van der Waals surface area contributed by atoms with Crippen molar-refractivity contribution in [1.29, 1.82) is 0 Å². The largest absolute Gasteiger partial charge is 0.465 e. The first kappa shape index (κ1) is 11.6. The highest BCUT2D eigenvalue weighted by Gasteiger charge is 2.40. The molecule has 0 amide bonds. The van der Waals surface area contributed by atoms with E-state index in [2.05, 4.69) is 0 Å². The molecular formula is C13H20O3. The van der Waals surface area contributed by atoms with Gasteiger partial charge in [0.2, 0.25) is 0 Å². The minimum absolute atomic E-state index is 0.0448. The second-order valence-electron chi connectivity index (χ2n) is 5.07. The number of ether oxygens (including phenoxy) is 1. The molecule has 0 bridgehead atoms. The van der Waals surface area contributed by atoms with Crippen LogP contribution in [0.15, 0.2) is 11.6 Å². The van der Waals surface area contributed by atoms with Gasteiger partial charge in [0, 0.05) is 12.3 Å². The first-order chi connectivity index (χ1) is 7.62. The normalized spacial score (nSPS) is 33.9. The number of rotatable bonds is 2. The predicted octanol–water partition coefficient (Wildman–Crippen LogP) is 2.19. The van der Waals surface area contributed by atoms with Crippen molar-refractivity contribution >= 4 is 5.97 Å². The Morgan fingerprint density at radius 2 is 2.38 bits per heavy atom. The van der Waals surface area contributed by atoms with Gasteiger partial charge in [0.25, 0.3) is 0 Å². The second kappa shape index (κ2) is 4.58. The van der Waals surface area contributed by atoms with E-state index in [9.17, 15) is 9.90 Å². The van der Waals surface area contributed by atoms with Crippen molar-refractivity contribution in [3.05, 3.63) is 11.6 Å². The number of hydrogen-bond donors (Lipinski definition) is 1. The molecule has 2 atom stereocenters. The molecule has 1 fully saturated rings. The van der Waals surface area contributed by atoms with E-state index in [-0.39, 0.29) is 17.5 Å². The van der Waals surface area contributed by atoms with Crippen LogP contribution in [0.3, 0.4) is 0 Å². The molecule has 0 spiro atoms. The average molecular weight is 224 g/mol. The number of fused-ring (bicyclic) bond motifs is 1. The topological polar surface area (TPSA) is 46.5 Å². The van der Waals surface area contributed by atoms with Crippen LogP contribution in [0, 0.1) is 5.41 Å². The summed E-state index contributed by atoms with van der Waals surface area (Å²) >= 11 is 0. The van der Waals surface area contributed by atoms with Gasteiger partial charge >= 0.3 is 5.97 Å². The highest BCUT2D eigenvalue weighted by Crippen LogP contribution is 2.47. The maximum absolute atomic E-state index is 10.9. The molecule has 0 aliphatic heterocycles. The molecule has 0 radical (unpaired) electrons. The summed E-state index contributed by atoms with van der Waals surface area (Å²) in [4.78, 5) is 10.9. The van der Waals surface area contributed by atoms with Gasteiger partial charge in [-0.3, -0.25) is 4.79 Å². The molecule has 2 aliphatic rings. The first-order valence-electron chi connectivity index (χ1n) is 6.15. The van der Waals surface area contributed by atoms with Crippen LogP contribution in [0.1, 0.15) is 45.4 Å². The summed E-state index contributed by atoms with van der Waals surface area (Å²) < 4.78 is 5.22. The molecule has 0 aromatic rings. The van der Waals surface area contributed by atoms with Gasteiger partial charge in [-0.2, -0.15) is 0 Å². The Morgan fingerprint density at radius 3 is 3.12 bits per heavy atom. The van der Waals surface area contributed by atoms with Crippen molar-refractivity contribution in [2.45, 2.75) is 51.6 Å². The third-order valence-corrected chi connectivity index (χ3v) is 3.90. The number of hydrogen-bond acceptors (Lipinski definition) is 3. The van der Waals surface area contributed by atoms with E-state index in [0.717, 1.165) is 25.7 Å². The van der Waals surface area contributed by atoms with E-state index < -0.39 is 0 Å². The monoisotopic (exact) mass is 224 g/mol. The molecule has 1 saturated carbocycles. The maximum Gasteiger partial charge on any atom is 0.302 e. The lowest BCUT2D eigenvalue weighted by Gasteiger charge is -2.42. The zero-order valence-corrected chi connectivity index (χ0v) is 9.87. The van der Waals surface area contributed by atoms with Crippen molar-refractivity contribution in [2.75, 3.05) is 6.61 Å². The first-order valence-corrected chi connectivity index (χ1v) is 6.15. The molecule has 0 heterocycles. The molecule has 90 valence electrons. The zero-order valence-electron chi connectivity index (χ0n) is 9.87. The Balaban J connectivity index is 2.14. The van der Waals surface area contributed by atoms with E-state index >= 15 is 0 Å². The fourth-order valence-corrected chi connectivity index (χ4v) is 2.97. The summed E-state index contributed by atoms with van der Waals surface area (Å²) in [5.74, 6) is -0.203. The summed E-state index contributed by atoms with van der Waals surface area (Å²) in [6, 6.07) is 0. The van der Waals surface area contributed by atoms with Gasteiger partial charge in [-0.1, -0.05) is 18.1 Å². The molecule has 3 heteroatoms. The zero-order chi connectivity index (χ0) is 11.6. The molecule has 0 aromatic heterocycles. The molecule has 0 aromatic carbocycles. The third-order valence-electron chi connectivity index (χ3n) is 3.90. The van der Waals surface area contributed by atoms with Gasteiger partial charge in [0.1, 0.15) is 6.61 Å². The van der Waals surface area contributed by atoms with E-state index in [1.165, 1.54) is 25.3 Å². The Morgan fingerprint density at radius 1 is 1.56 bits per heavy atom. The molecule has 3 nitrogen and oxygen atoms in total. The lowest BCUT2D eigenvalue weighted by atomic mass is 9.65. The third kappa shape index (κ3) is 2.29. The lowest BCUT2D eigenvalue weighted by Crippen LogP contribution is -2.37. The van der Waals surface area contributed by atoms with E-state index in [0.29, 0.717) is 6.61 Å². The van der Waals surface area contributed by atoms with Crippen LogP contribution in [-0.4, -0.2) is 23.8 Å². The number of aliphatic hydroxyl groups is 1. The predicted molar refractivity (Wildman–Crippen MR) is 60.9 cm³/mol. The summed E-state index contributed by atoms with van der Waals surface area (Å²) in [5.41, 5.74) is 1.36. The molecule has 2 aliphatic carbocycles. The van der Waals surface area contributed by atoms with Crippen LogP contribution < -0.4 is 0 Å². The van der Waals surface area contributed by atoms with Gasteiger partial charge in [0.05, 0.1) is 6.10 Å². The van der Waals surface area contributed by atoms with Gasteiger partial charge in [0.15, 0.2) is 0 Å². The van der Waals surface area contributed by atoms with Gasteiger partial charge in [-0.15, -0.1) is 0 Å².